The third kappa shape index (κ3) is 4.07. The summed E-state index contributed by atoms with van der Waals surface area (Å²) in [5, 5.41) is 17.0. The van der Waals surface area contributed by atoms with E-state index < -0.39 is 5.97 Å². The molecule has 6 nitrogen and oxygen atoms in total. The van der Waals surface area contributed by atoms with Gasteiger partial charge in [-0.2, -0.15) is 0 Å². The van der Waals surface area contributed by atoms with Crippen molar-refractivity contribution in [1.82, 2.24) is 10.6 Å². The largest absolute Gasteiger partial charge is 0.496 e. The normalized spacial score (nSPS) is 19.7. The second-order valence-corrected chi connectivity index (χ2v) is 6.68. The van der Waals surface area contributed by atoms with Gasteiger partial charge in [0.25, 0.3) is 0 Å². The molecule has 3 N–H and O–H groups in total. The molecule has 0 aromatic heterocycles. The van der Waals surface area contributed by atoms with E-state index >= 15 is 0 Å². The minimum absolute atomic E-state index is 0.0278. The number of methoxy groups -OCH3 is 1. The fraction of sp³-hybridized carbons (Fsp3) is 0.400. The molecular weight excluding hydrogens is 332 g/mol. The number of ether oxygens (including phenoxy) is 1. The topological polar surface area (TPSA) is 87.7 Å². The summed E-state index contributed by atoms with van der Waals surface area (Å²) >= 11 is 0. The monoisotopic (exact) mass is 356 g/mol. The van der Waals surface area contributed by atoms with E-state index in [1.807, 2.05) is 36.4 Å². The van der Waals surface area contributed by atoms with Crippen LogP contribution in [0.4, 0.5) is 4.79 Å². The van der Waals surface area contributed by atoms with Crippen LogP contribution >= 0.6 is 0 Å². The molecule has 1 saturated carbocycles. The van der Waals surface area contributed by atoms with Crippen molar-refractivity contribution in [2.75, 3.05) is 7.11 Å². The number of carbonyl (C=O) groups excluding carboxylic acids is 1. The lowest BCUT2D eigenvalue weighted by atomic mass is 9.86. The lowest BCUT2D eigenvalue weighted by molar-refractivity contribution is -0.142. The number of aliphatic carboxylic acids is 1. The number of amides is 2. The highest BCUT2D eigenvalue weighted by atomic mass is 16.5. The van der Waals surface area contributed by atoms with E-state index in [0.29, 0.717) is 32.2 Å². The summed E-state index contributed by atoms with van der Waals surface area (Å²) in [5.74, 6) is -0.280. The Kier molecular flexibility index (Phi) is 5.61. The van der Waals surface area contributed by atoms with E-state index in [-0.39, 0.29) is 18.0 Å². The average molecular weight is 356 g/mol. The van der Waals surface area contributed by atoms with Crippen LogP contribution in [0, 0.1) is 5.92 Å². The van der Waals surface area contributed by atoms with Gasteiger partial charge in [-0.05, 0) is 42.5 Å². The van der Waals surface area contributed by atoms with Crippen molar-refractivity contribution in [2.24, 2.45) is 5.92 Å². The number of hydrogen-bond acceptors (Lipinski definition) is 3. The smallest absolute Gasteiger partial charge is 0.315 e. The molecule has 138 valence electrons. The summed E-state index contributed by atoms with van der Waals surface area (Å²) in [4.78, 5) is 23.3. The molecule has 0 atom stereocenters. The van der Waals surface area contributed by atoms with Gasteiger partial charge in [0.2, 0.25) is 0 Å². The summed E-state index contributed by atoms with van der Waals surface area (Å²) in [6, 6.07) is 11.7. The molecular formula is C20H24N2O4. The number of carboxylic acid groups (broad SMARTS) is 1. The van der Waals surface area contributed by atoms with Gasteiger partial charge < -0.3 is 20.5 Å². The highest BCUT2D eigenvalue weighted by Gasteiger charge is 2.26. The van der Waals surface area contributed by atoms with Crippen LogP contribution in [0.5, 0.6) is 5.75 Å². The minimum atomic E-state index is -0.740. The van der Waals surface area contributed by atoms with Crippen LogP contribution in [-0.2, 0) is 11.3 Å². The predicted molar refractivity (Wildman–Crippen MR) is 99.3 cm³/mol. The van der Waals surface area contributed by atoms with Crippen molar-refractivity contribution in [1.29, 1.82) is 0 Å². The molecule has 0 aliphatic heterocycles. The van der Waals surface area contributed by atoms with E-state index in [4.69, 9.17) is 9.84 Å². The number of carbonyl (C=O) groups is 2. The molecule has 0 unspecified atom stereocenters. The Morgan fingerprint density at radius 3 is 2.54 bits per heavy atom. The molecule has 26 heavy (non-hydrogen) atoms. The Hall–Kier alpha value is -2.76. The summed E-state index contributed by atoms with van der Waals surface area (Å²) in [5.41, 5.74) is 0.940. The third-order valence-electron chi connectivity index (χ3n) is 5.05. The number of fused-ring (bicyclic) bond motifs is 1. The van der Waals surface area contributed by atoms with E-state index in [2.05, 4.69) is 10.6 Å². The van der Waals surface area contributed by atoms with Crippen LogP contribution in [0.1, 0.15) is 31.2 Å². The molecule has 1 fully saturated rings. The Balaban J connectivity index is 1.60. The van der Waals surface area contributed by atoms with Crippen LogP contribution in [-0.4, -0.2) is 30.3 Å². The van der Waals surface area contributed by atoms with Crippen molar-refractivity contribution in [3.63, 3.8) is 0 Å². The fourth-order valence-corrected chi connectivity index (χ4v) is 3.58. The Morgan fingerprint density at radius 2 is 1.85 bits per heavy atom. The van der Waals surface area contributed by atoms with Gasteiger partial charge in [0.15, 0.2) is 0 Å². The molecule has 2 aromatic carbocycles. The number of carboxylic acids is 1. The van der Waals surface area contributed by atoms with Crippen molar-refractivity contribution in [3.05, 3.63) is 42.0 Å². The van der Waals surface area contributed by atoms with Crippen molar-refractivity contribution >= 4 is 22.8 Å². The quantitative estimate of drug-likeness (QED) is 0.767. The number of urea groups is 1. The number of rotatable bonds is 5. The first-order chi connectivity index (χ1) is 12.6. The molecule has 3 rings (SSSR count). The third-order valence-corrected chi connectivity index (χ3v) is 5.05. The molecule has 0 bridgehead atoms. The van der Waals surface area contributed by atoms with E-state index in [1.165, 1.54) is 0 Å². The molecule has 2 aromatic rings. The first-order valence-corrected chi connectivity index (χ1v) is 8.90. The van der Waals surface area contributed by atoms with Gasteiger partial charge in [-0.1, -0.05) is 30.3 Å². The second-order valence-electron chi connectivity index (χ2n) is 6.68. The van der Waals surface area contributed by atoms with Crippen LogP contribution in [0.25, 0.3) is 10.8 Å². The van der Waals surface area contributed by atoms with Crippen molar-refractivity contribution in [3.8, 4) is 5.75 Å². The van der Waals surface area contributed by atoms with Gasteiger partial charge in [-0.15, -0.1) is 0 Å². The average Bonchev–Trinajstić information content (AvgIpc) is 2.66. The Morgan fingerprint density at radius 1 is 1.12 bits per heavy atom. The molecule has 0 saturated heterocycles. The second kappa shape index (κ2) is 8.08. The van der Waals surface area contributed by atoms with Gasteiger partial charge in [0.1, 0.15) is 5.75 Å². The van der Waals surface area contributed by atoms with E-state index in [0.717, 1.165) is 22.1 Å². The maximum Gasteiger partial charge on any atom is 0.315 e. The number of nitrogens with one attached hydrogen (secondary N) is 2. The van der Waals surface area contributed by atoms with Crippen molar-refractivity contribution < 1.29 is 19.4 Å². The minimum Gasteiger partial charge on any atom is -0.496 e. The zero-order valence-electron chi connectivity index (χ0n) is 14.8. The zero-order valence-corrected chi connectivity index (χ0v) is 14.8. The fourth-order valence-electron chi connectivity index (χ4n) is 3.58. The Bertz CT molecular complexity index is 797. The number of benzene rings is 2. The molecule has 0 heterocycles. The molecule has 0 radical (unpaired) electrons. The molecule has 0 spiro atoms. The molecule has 2 amide bonds. The Labute approximate surface area is 152 Å². The first-order valence-electron chi connectivity index (χ1n) is 8.90. The summed E-state index contributed by atoms with van der Waals surface area (Å²) in [7, 11) is 1.62. The van der Waals surface area contributed by atoms with Crippen molar-refractivity contribution in [2.45, 2.75) is 38.3 Å². The van der Waals surface area contributed by atoms with Gasteiger partial charge >= 0.3 is 12.0 Å². The summed E-state index contributed by atoms with van der Waals surface area (Å²) in [6.07, 6.45) is 2.61. The zero-order chi connectivity index (χ0) is 18.5. The van der Waals surface area contributed by atoms with Crippen LogP contribution in [0.15, 0.2) is 36.4 Å². The van der Waals surface area contributed by atoms with Crippen LogP contribution < -0.4 is 15.4 Å². The highest BCUT2D eigenvalue weighted by Crippen LogP contribution is 2.28. The van der Waals surface area contributed by atoms with Crippen LogP contribution in [0.3, 0.4) is 0 Å². The van der Waals surface area contributed by atoms with Gasteiger partial charge in [-0.25, -0.2) is 4.79 Å². The van der Waals surface area contributed by atoms with Crippen LogP contribution in [0.2, 0.25) is 0 Å². The molecule has 1 aliphatic carbocycles. The standard InChI is InChI=1S/C20H24N2O4/c1-26-18-11-8-13-4-2-3-5-16(13)17(18)12-21-20(25)22-15-9-6-14(7-10-15)19(23)24/h2-5,8,11,14-15H,6-7,9-10,12H2,1H3,(H,23,24)(H2,21,22,25). The summed E-state index contributed by atoms with van der Waals surface area (Å²) < 4.78 is 5.44. The molecule has 6 heteroatoms. The highest BCUT2D eigenvalue weighted by molar-refractivity contribution is 5.88. The summed E-state index contributed by atoms with van der Waals surface area (Å²) in [6.45, 7) is 0.362. The van der Waals surface area contributed by atoms with Gasteiger partial charge in [0, 0.05) is 18.2 Å². The van der Waals surface area contributed by atoms with E-state index in [1.54, 1.807) is 7.11 Å². The predicted octanol–water partition coefficient (Wildman–Crippen LogP) is 3.29. The lowest BCUT2D eigenvalue weighted by Gasteiger charge is -2.27. The number of hydrogen-bond donors (Lipinski definition) is 3. The molecule has 1 aliphatic rings. The maximum absolute atomic E-state index is 12.3. The lowest BCUT2D eigenvalue weighted by Crippen LogP contribution is -2.43. The maximum atomic E-state index is 12.3. The van der Waals surface area contributed by atoms with Gasteiger partial charge in [-0.3, -0.25) is 4.79 Å². The SMILES string of the molecule is COc1ccc2ccccc2c1CNC(=O)NC1CCC(C(=O)O)CC1. The first kappa shape index (κ1) is 18.0. The van der Waals surface area contributed by atoms with E-state index in [9.17, 15) is 9.59 Å². The van der Waals surface area contributed by atoms with Gasteiger partial charge in [0.05, 0.1) is 13.0 Å².